The molecule has 0 radical (unpaired) electrons. The van der Waals surface area contributed by atoms with Gasteiger partial charge in [-0.25, -0.2) is 15.0 Å². The van der Waals surface area contributed by atoms with Crippen LogP contribution in [0.3, 0.4) is 0 Å². The van der Waals surface area contributed by atoms with Gasteiger partial charge in [-0.1, -0.05) is 27.7 Å². The fourth-order valence-electron chi connectivity index (χ4n) is 2.43. The average molecular weight is 327 g/mol. The quantitative estimate of drug-likeness (QED) is 0.720. The van der Waals surface area contributed by atoms with E-state index >= 15 is 0 Å². The van der Waals surface area contributed by atoms with Crippen molar-refractivity contribution in [2.45, 2.75) is 47.1 Å². The second kappa shape index (κ2) is 7.34. The first-order valence-corrected chi connectivity index (χ1v) is 8.64. The van der Waals surface area contributed by atoms with Gasteiger partial charge in [0, 0.05) is 17.8 Å². The predicted molar refractivity (Wildman–Crippen MR) is 93.6 cm³/mol. The summed E-state index contributed by atoms with van der Waals surface area (Å²) in [7, 11) is 0. The zero-order chi connectivity index (χ0) is 17.0. The van der Waals surface area contributed by atoms with E-state index < -0.39 is 0 Å². The van der Waals surface area contributed by atoms with Crippen molar-refractivity contribution in [3.8, 4) is 6.07 Å². The van der Waals surface area contributed by atoms with Crippen LogP contribution in [-0.4, -0.2) is 19.5 Å². The smallest absolute Gasteiger partial charge is 0.145 e. The monoisotopic (exact) mass is 327 g/mol. The molecule has 5 nitrogen and oxygen atoms in total. The maximum absolute atomic E-state index is 9.42. The highest BCUT2D eigenvalue weighted by Gasteiger charge is 2.18. The van der Waals surface area contributed by atoms with Crippen LogP contribution in [0.4, 0.5) is 0 Å². The molecule has 0 atom stereocenters. The molecular formula is C17H21N5S. The number of nitrogens with zero attached hydrogens (tertiary/aromatic N) is 5. The van der Waals surface area contributed by atoms with Crippen LogP contribution >= 0.6 is 11.3 Å². The second-order valence-corrected chi connectivity index (χ2v) is 6.20. The van der Waals surface area contributed by atoms with Crippen molar-refractivity contribution in [1.29, 1.82) is 5.26 Å². The van der Waals surface area contributed by atoms with E-state index in [-0.39, 0.29) is 5.92 Å². The van der Waals surface area contributed by atoms with Crippen molar-refractivity contribution in [3.63, 3.8) is 0 Å². The van der Waals surface area contributed by atoms with Gasteiger partial charge >= 0.3 is 0 Å². The minimum Gasteiger partial charge on any atom is -0.324 e. The number of rotatable bonds is 3. The van der Waals surface area contributed by atoms with Gasteiger partial charge in [-0.05, 0) is 12.8 Å². The topological polar surface area (TPSA) is 67.4 Å². The maximum atomic E-state index is 9.42. The van der Waals surface area contributed by atoms with Gasteiger partial charge in [0.05, 0.1) is 23.2 Å². The minimum absolute atomic E-state index is 0.247. The molecule has 23 heavy (non-hydrogen) atoms. The Kier molecular flexibility index (Phi) is 5.45. The van der Waals surface area contributed by atoms with Crippen molar-refractivity contribution in [3.05, 3.63) is 39.9 Å². The van der Waals surface area contributed by atoms with Gasteiger partial charge in [0.15, 0.2) is 0 Å². The molecule has 0 bridgehead atoms. The van der Waals surface area contributed by atoms with E-state index in [1.165, 1.54) is 0 Å². The largest absolute Gasteiger partial charge is 0.324 e. The summed E-state index contributed by atoms with van der Waals surface area (Å²) in [6.45, 7) is 10.7. The Hall–Kier alpha value is -2.26. The summed E-state index contributed by atoms with van der Waals surface area (Å²) in [5.41, 5.74) is 2.38. The van der Waals surface area contributed by atoms with Gasteiger partial charge in [0.2, 0.25) is 0 Å². The van der Waals surface area contributed by atoms with Crippen molar-refractivity contribution < 1.29 is 0 Å². The van der Waals surface area contributed by atoms with E-state index in [4.69, 9.17) is 0 Å². The Balaban J connectivity index is 0.000000924. The van der Waals surface area contributed by atoms with Gasteiger partial charge in [-0.15, -0.1) is 11.3 Å². The highest BCUT2D eigenvalue weighted by molar-refractivity contribution is 7.09. The van der Waals surface area contributed by atoms with Crippen molar-refractivity contribution in [2.75, 3.05) is 0 Å². The Morgan fingerprint density at radius 1 is 1.30 bits per heavy atom. The van der Waals surface area contributed by atoms with Crippen LogP contribution in [0.15, 0.2) is 17.8 Å². The molecule has 0 amide bonds. The number of thiazole rings is 1. The SMILES string of the molecule is CC.Cc1nc(C(C)C)c2c(C#N)cn(Cc3nccs3)c2n1. The number of aromatic nitrogens is 4. The van der Waals surface area contributed by atoms with E-state index in [1.54, 1.807) is 17.5 Å². The molecule has 0 N–H and O–H groups in total. The number of hydrogen-bond acceptors (Lipinski definition) is 5. The molecule has 0 aliphatic heterocycles. The van der Waals surface area contributed by atoms with E-state index in [9.17, 15) is 5.26 Å². The standard InChI is InChI=1S/C15H15N5S.C2H6/c1-9(2)14-13-11(6-16)7-20(8-12-17-4-5-21-12)15(13)19-10(3)18-14;1-2/h4-5,7,9H,8H2,1-3H3;1-2H3. The summed E-state index contributed by atoms with van der Waals surface area (Å²) in [6, 6.07) is 2.27. The first kappa shape index (κ1) is 17.1. The lowest BCUT2D eigenvalue weighted by molar-refractivity contribution is 0.793. The second-order valence-electron chi connectivity index (χ2n) is 5.22. The fraction of sp³-hybridized carbons (Fsp3) is 0.412. The van der Waals surface area contributed by atoms with E-state index in [1.807, 2.05) is 36.9 Å². The van der Waals surface area contributed by atoms with Crippen molar-refractivity contribution in [2.24, 2.45) is 0 Å². The van der Waals surface area contributed by atoms with Gasteiger partial charge in [0.1, 0.15) is 22.5 Å². The molecule has 3 aromatic heterocycles. The van der Waals surface area contributed by atoms with Gasteiger partial charge < -0.3 is 4.57 Å². The summed E-state index contributed by atoms with van der Waals surface area (Å²) in [5, 5.41) is 13.2. The number of aryl methyl sites for hydroxylation is 1. The summed E-state index contributed by atoms with van der Waals surface area (Å²) in [6.07, 6.45) is 3.64. The molecule has 0 fully saturated rings. The summed E-state index contributed by atoms with van der Waals surface area (Å²) < 4.78 is 1.99. The average Bonchev–Trinajstić information content (AvgIpc) is 3.17. The van der Waals surface area contributed by atoms with Crippen molar-refractivity contribution in [1.82, 2.24) is 19.5 Å². The fourth-order valence-corrected chi connectivity index (χ4v) is 3.04. The first-order chi connectivity index (χ1) is 11.1. The van der Waals surface area contributed by atoms with Crippen LogP contribution in [0.25, 0.3) is 11.0 Å². The van der Waals surface area contributed by atoms with E-state index in [0.717, 1.165) is 27.6 Å². The normalized spacial score (nSPS) is 10.5. The van der Waals surface area contributed by atoms with Crippen LogP contribution in [0.5, 0.6) is 0 Å². The molecule has 0 aliphatic rings. The van der Waals surface area contributed by atoms with Gasteiger partial charge in [0.25, 0.3) is 0 Å². The lowest BCUT2D eigenvalue weighted by atomic mass is 10.0. The highest BCUT2D eigenvalue weighted by atomic mass is 32.1. The van der Waals surface area contributed by atoms with Crippen LogP contribution in [0.1, 0.15) is 55.7 Å². The number of hydrogen-bond donors (Lipinski definition) is 0. The molecule has 0 saturated carbocycles. The Morgan fingerprint density at radius 2 is 2.04 bits per heavy atom. The molecule has 120 valence electrons. The van der Waals surface area contributed by atoms with Gasteiger partial charge in [-0.2, -0.15) is 5.26 Å². The number of fused-ring (bicyclic) bond motifs is 1. The number of nitriles is 1. The first-order valence-electron chi connectivity index (χ1n) is 7.76. The van der Waals surface area contributed by atoms with Crippen molar-refractivity contribution >= 4 is 22.4 Å². The molecule has 6 heteroatoms. The molecule has 3 aromatic rings. The van der Waals surface area contributed by atoms with Crippen LogP contribution in [0, 0.1) is 18.3 Å². The van der Waals surface area contributed by atoms with Gasteiger partial charge in [-0.3, -0.25) is 0 Å². The zero-order valence-electron chi connectivity index (χ0n) is 14.2. The summed E-state index contributed by atoms with van der Waals surface area (Å²) in [4.78, 5) is 13.4. The maximum Gasteiger partial charge on any atom is 0.145 e. The Morgan fingerprint density at radius 3 is 2.61 bits per heavy atom. The summed E-state index contributed by atoms with van der Waals surface area (Å²) >= 11 is 1.60. The van der Waals surface area contributed by atoms with Crippen LogP contribution in [0.2, 0.25) is 0 Å². The molecular weight excluding hydrogens is 306 g/mol. The molecule has 3 rings (SSSR count). The minimum atomic E-state index is 0.247. The molecule has 0 unspecified atom stereocenters. The Bertz CT molecular complexity index is 825. The lowest BCUT2D eigenvalue weighted by Crippen LogP contribution is -2.03. The molecule has 0 aromatic carbocycles. The third-order valence-electron chi connectivity index (χ3n) is 3.31. The molecule has 3 heterocycles. The van der Waals surface area contributed by atoms with E-state index in [2.05, 4.69) is 34.9 Å². The lowest BCUT2D eigenvalue weighted by Gasteiger charge is -2.09. The molecule has 0 aliphatic carbocycles. The third kappa shape index (κ3) is 3.40. The van der Waals surface area contributed by atoms with Crippen LogP contribution in [-0.2, 0) is 6.54 Å². The summed E-state index contributed by atoms with van der Waals surface area (Å²) in [5.74, 6) is 0.978. The molecule has 0 saturated heterocycles. The molecule has 0 spiro atoms. The Labute approximate surface area is 140 Å². The zero-order valence-corrected chi connectivity index (χ0v) is 15.0. The predicted octanol–water partition coefficient (Wildman–Crippen LogP) is 4.27. The van der Waals surface area contributed by atoms with E-state index in [0.29, 0.717) is 12.1 Å². The highest BCUT2D eigenvalue weighted by Crippen LogP contribution is 2.28. The van der Waals surface area contributed by atoms with Crippen LogP contribution < -0.4 is 0 Å². The third-order valence-corrected chi connectivity index (χ3v) is 4.08.